The van der Waals surface area contributed by atoms with E-state index in [0.717, 1.165) is 47.4 Å². The van der Waals surface area contributed by atoms with Crippen molar-refractivity contribution in [1.82, 2.24) is 19.8 Å². The highest BCUT2D eigenvalue weighted by atomic mass is 32.1. The summed E-state index contributed by atoms with van der Waals surface area (Å²) in [6.07, 6.45) is 3.71. The van der Waals surface area contributed by atoms with E-state index in [1.165, 1.54) is 11.3 Å². The fraction of sp³-hybridized carbons (Fsp3) is 0.435. The smallest absolute Gasteiger partial charge is 0.261 e. The highest BCUT2D eigenvalue weighted by Gasteiger charge is 2.16. The molecule has 0 atom stereocenters. The van der Waals surface area contributed by atoms with Gasteiger partial charge in [-0.1, -0.05) is 24.6 Å². The lowest BCUT2D eigenvalue weighted by molar-refractivity contribution is -0.131. The summed E-state index contributed by atoms with van der Waals surface area (Å²) in [7, 11) is 0. The van der Waals surface area contributed by atoms with Crippen molar-refractivity contribution in [3.63, 3.8) is 0 Å². The van der Waals surface area contributed by atoms with Crippen molar-refractivity contribution in [3.05, 3.63) is 52.5 Å². The predicted octanol–water partition coefficient (Wildman–Crippen LogP) is 4.11. The molecular formula is C23H30N4O2S. The number of nitrogens with one attached hydrogen (secondary N) is 1. The summed E-state index contributed by atoms with van der Waals surface area (Å²) in [4.78, 5) is 32.0. The van der Waals surface area contributed by atoms with Crippen molar-refractivity contribution in [2.75, 3.05) is 19.6 Å². The number of nitrogens with zero attached hydrogens (tertiary/aromatic N) is 3. The number of likely N-dealkylation sites (N-methyl/N-ethyl adjacent to an activating group) is 1. The molecule has 30 heavy (non-hydrogen) atoms. The maximum atomic E-state index is 12.7. The molecule has 0 fully saturated rings. The minimum absolute atomic E-state index is 0.00158. The number of para-hydroxylation sites is 2. The SMILES string of the molecule is CCN(CC)C(=O)Cn1c(CCCCCNC(=O)c2cccs2)nc2ccccc21. The van der Waals surface area contributed by atoms with Crippen LogP contribution in [-0.2, 0) is 17.8 Å². The van der Waals surface area contributed by atoms with Crippen molar-refractivity contribution < 1.29 is 9.59 Å². The van der Waals surface area contributed by atoms with Gasteiger partial charge in [0, 0.05) is 26.1 Å². The van der Waals surface area contributed by atoms with Crippen LogP contribution in [0.3, 0.4) is 0 Å². The first-order valence-corrected chi connectivity index (χ1v) is 11.6. The van der Waals surface area contributed by atoms with Gasteiger partial charge in [0.2, 0.25) is 5.91 Å². The van der Waals surface area contributed by atoms with Gasteiger partial charge in [0.05, 0.1) is 15.9 Å². The number of aromatic nitrogens is 2. The van der Waals surface area contributed by atoms with Crippen molar-refractivity contribution in [2.45, 2.75) is 46.1 Å². The number of aryl methyl sites for hydroxylation is 1. The minimum Gasteiger partial charge on any atom is -0.351 e. The number of rotatable bonds is 11. The normalized spacial score (nSPS) is 11.0. The van der Waals surface area contributed by atoms with E-state index in [4.69, 9.17) is 4.98 Å². The van der Waals surface area contributed by atoms with Gasteiger partial charge >= 0.3 is 0 Å². The van der Waals surface area contributed by atoms with Crippen LogP contribution >= 0.6 is 11.3 Å². The fourth-order valence-electron chi connectivity index (χ4n) is 3.59. The molecule has 0 radical (unpaired) electrons. The zero-order valence-corrected chi connectivity index (χ0v) is 18.6. The third-order valence-electron chi connectivity index (χ3n) is 5.25. The predicted molar refractivity (Wildman–Crippen MR) is 122 cm³/mol. The Morgan fingerprint density at radius 1 is 1.07 bits per heavy atom. The molecule has 0 saturated heterocycles. The Morgan fingerprint density at radius 2 is 1.87 bits per heavy atom. The number of carbonyl (C=O) groups excluding carboxylic acids is 2. The Balaban J connectivity index is 1.55. The van der Waals surface area contributed by atoms with Crippen LogP contribution in [0.1, 0.15) is 48.6 Å². The first kappa shape index (κ1) is 22.0. The topological polar surface area (TPSA) is 67.2 Å². The fourth-order valence-corrected chi connectivity index (χ4v) is 4.23. The average molecular weight is 427 g/mol. The molecule has 0 bridgehead atoms. The molecule has 2 amide bonds. The van der Waals surface area contributed by atoms with Crippen LogP contribution in [0.5, 0.6) is 0 Å². The molecular weight excluding hydrogens is 396 g/mol. The molecule has 1 aromatic carbocycles. The van der Waals surface area contributed by atoms with Crippen LogP contribution in [0, 0.1) is 0 Å². The summed E-state index contributed by atoms with van der Waals surface area (Å²) >= 11 is 1.46. The Morgan fingerprint density at radius 3 is 2.60 bits per heavy atom. The molecule has 0 saturated carbocycles. The van der Waals surface area contributed by atoms with Crippen LogP contribution in [0.15, 0.2) is 41.8 Å². The zero-order chi connectivity index (χ0) is 21.3. The van der Waals surface area contributed by atoms with Gasteiger partial charge in [-0.15, -0.1) is 11.3 Å². The summed E-state index contributed by atoms with van der Waals surface area (Å²) in [6, 6.07) is 11.7. The number of fused-ring (bicyclic) bond motifs is 1. The minimum atomic E-state index is 0.00158. The summed E-state index contributed by atoms with van der Waals surface area (Å²) in [5.74, 6) is 1.08. The lowest BCUT2D eigenvalue weighted by Gasteiger charge is -2.20. The third kappa shape index (κ3) is 5.48. The van der Waals surface area contributed by atoms with Crippen LogP contribution in [0.4, 0.5) is 0 Å². The first-order chi connectivity index (χ1) is 14.6. The van der Waals surface area contributed by atoms with Gasteiger partial charge in [-0.05, 0) is 50.3 Å². The van der Waals surface area contributed by atoms with Gasteiger partial charge in [0.15, 0.2) is 0 Å². The second-order valence-electron chi connectivity index (χ2n) is 7.21. The maximum Gasteiger partial charge on any atom is 0.261 e. The number of imidazole rings is 1. The highest BCUT2D eigenvalue weighted by molar-refractivity contribution is 7.12. The van der Waals surface area contributed by atoms with Gasteiger partial charge in [-0.2, -0.15) is 0 Å². The lowest BCUT2D eigenvalue weighted by atomic mass is 10.2. The van der Waals surface area contributed by atoms with E-state index in [9.17, 15) is 9.59 Å². The van der Waals surface area contributed by atoms with Crippen molar-refractivity contribution >= 4 is 34.2 Å². The molecule has 6 nitrogen and oxygen atoms in total. The largest absolute Gasteiger partial charge is 0.351 e. The van der Waals surface area contributed by atoms with Crippen LogP contribution in [0.2, 0.25) is 0 Å². The second-order valence-corrected chi connectivity index (χ2v) is 8.16. The van der Waals surface area contributed by atoms with Gasteiger partial charge in [-0.25, -0.2) is 4.98 Å². The van der Waals surface area contributed by atoms with E-state index < -0.39 is 0 Å². The molecule has 2 heterocycles. The number of benzene rings is 1. The summed E-state index contributed by atoms with van der Waals surface area (Å²) in [5, 5.41) is 4.88. The highest BCUT2D eigenvalue weighted by Crippen LogP contribution is 2.18. The molecule has 3 rings (SSSR count). The Bertz CT molecular complexity index is 961. The van der Waals surface area contributed by atoms with Crippen molar-refractivity contribution in [3.8, 4) is 0 Å². The van der Waals surface area contributed by atoms with Gasteiger partial charge in [-0.3, -0.25) is 9.59 Å². The van der Waals surface area contributed by atoms with Crippen molar-refractivity contribution in [1.29, 1.82) is 0 Å². The van der Waals surface area contributed by atoms with E-state index in [1.807, 2.05) is 60.5 Å². The molecule has 160 valence electrons. The first-order valence-electron chi connectivity index (χ1n) is 10.7. The van der Waals surface area contributed by atoms with Crippen LogP contribution < -0.4 is 5.32 Å². The maximum absolute atomic E-state index is 12.7. The summed E-state index contributed by atoms with van der Waals surface area (Å²) in [5.41, 5.74) is 1.94. The van der Waals surface area contributed by atoms with Crippen LogP contribution in [-0.4, -0.2) is 45.9 Å². The quantitative estimate of drug-likeness (QED) is 0.469. The van der Waals surface area contributed by atoms with E-state index in [-0.39, 0.29) is 11.8 Å². The van der Waals surface area contributed by atoms with Gasteiger partial charge in [0.1, 0.15) is 12.4 Å². The van der Waals surface area contributed by atoms with E-state index in [1.54, 1.807) is 0 Å². The van der Waals surface area contributed by atoms with Crippen molar-refractivity contribution in [2.24, 2.45) is 0 Å². The molecule has 7 heteroatoms. The zero-order valence-electron chi connectivity index (χ0n) is 17.8. The molecule has 0 spiro atoms. The molecule has 0 aliphatic carbocycles. The molecule has 2 aromatic heterocycles. The Labute approximate surface area is 181 Å². The van der Waals surface area contributed by atoms with E-state index in [0.29, 0.717) is 26.2 Å². The van der Waals surface area contributed by atoms with Gasteiger partial charge in [0.25, 0.3) is 5.91 Å². The van der Waals surface area contributed by atoms with Crippen LogP contribution in [0.25, 0.3) is 11.0 Å². The molecule has 0 aliphatic rings. The molecule has 1 N–H and O–H groups in total. The molecule has 0 unspecified atom stereocenters. The number of amides is 2. The second kappa shape index (κ2) is 10.9. The number of carbonyl (C=O) groups is 2. The molecule has 0 aliphatic heterocycles. The monoisotopic (exact) mass is 426 g/mol. The number of hydrogen-bond acceptors (Lipinski definition) is 4. The van der Waals surface area contributed by atoms with E-state index >= 15 is 0 Å². The van der Waals surface area contributed by atoms with E-state index in [2.05, 4.69) is 9.88 Å². The van der Waals surface area contributed by atoms with Gasteiger partial charge < -0.3 is 14.8 Å². The lowest BCUT2D eigenvalue weighted by Crippen LogP contribution is -2.33. The third-order valence-corrected chi connectivity index (χ3v) is 6.12. The number of hydrogen-bond donors (Lipinski definition) is 1. The average Bonchev–Trinajstić information content (AvgIpc) is 3.40. The standard InChI is InChI=1S/C23H30N4O2S/c1-3-26(4-2)22(28)17-27-19-12-8-7-11-18(19)25-21(27)14-6-5-9-15-24-23(29)20-13-10-16-30-20/h7-8,10-13,16H,3-6,9,14-15,17H2,1-2H3,(H,24,29). The Kier molecular flexibility index (Phi) is 8.02. The Hall–Kier alpha value is -2.67. The molecule has 3 aromatic rings. The summed E-state index contributed by atoms with van der Waals surface area (Å²) in [6.45, 7) is 6.45. The summed E-state index contributed by atoms with van der Waals surface area (Å²) < 4.78 is 2.06. The number of unbranched alkanes of at least 4 members (excludes halogenated alkanes) is 2. The number of thiophene rings is 1.